The summed E-state index contributed by atoms with van der Waals surface area (Å²) >= 11 is 0. The van der Waals surface area contributed by atoms with Crippen LogP contribution in [0.4, 0.5) is 0 Å². The van der Waals surface area contributed by atoms with Crippen LogP contribution >= 0.6 is 0 Å². The number of hydrogen-bond acceptors (Lipinski definition) is 2. The van der Waals surface area contributed by atoms with Crippen LogP contribution in [0.5, 0.6) is 0 Å². The van der Waals surface area contributed by atoms with Gasteiger partial charge in [0.2, 0.25) is 0 Å². The van der Waals surface area contributed by atoms with E-state index in [-0.39, 0.29) is 5.41 Å². The predicted molar refractivity (Wildman–Crippen MR) is 52.7 cm³/mol. The summed E-state index contributed by atoms with van der Waals surface area (Å²) in [6.07, 6.45) is 1.79. The SMILES string of the molecule is CC(C)(C)c1cccc2oncc12. The minimum absolute atomic E-state index is 0.144. The Balaban J connectivity index is 2.75. The van der Waals surface area contributed by atoms with E-state index in [1.54, 1.807) is 6.20 Å². The Kier molecular flexibility index (Phi) is 1.65. The number of hydrogen-bond donors (Lipinski definition) is 0. The second-order valence-corrected chi connectivity index (χ2v) is 4.29. The van der Waals surface area contributed by atoms with Crippen molar-refractivity contribution in [3.63, 3.8) is 0 Å². The molecule has 2 rings (SSSR count). The molecule has 0 fully saturated rings. The van der Waals surface area contributed by atoms with Crippen LogP contribution in [0.1, 0.15) is 26.3 Å². The highest BCUT2D eigenvalue weighted by atomic mass is 16.5. The first-order valence-corrected chi connectivity index (χ1v) is 4.43. The van der Waals surface area contributed by atoms with Crippen LogP contribution < -0.4 is 0 Å². The molecule has 13 heavy (non-hydrogen) atoms. The van der Waals surface area contributed by atoms with Crippen LogP contribution in [0.2, 0.25) is 0 Å². The quantitative estimate of drug-likeness (QED) is 0.614. The van der Waals surface area contributed by atoms with Crippen molar-refractivity contribution in [1.29, 1.82) is 0 Å². The number of benzene rings is 1. The molecule has 1 aromatic carbocycles. The lowest BCUT2D eigenvalue weighted by molar-refractivity contribution is 0.456. The zero-order valence-electron chi connectivity index (χ0n) is 8.16. The Morgan fingerprint density at radius 1 is 1.23 bits per heavy atom. The molecule has 0 saturated heterocycles. The van der Waals surface area contributed by atoms with Crippen LogP contribution in [-0.2, 0) is 5.41 Å². The standard InChI is InChI=1S/C11H13NO/c1-11(2,3)9-5-4-6-10-8(9)7-12-13-10/h4-7H,1-3H3. The third kappa shape index (κ3) is 1.32. The van der Waals surface area contributed by atoms with Crippen molar-refractivity contribution >= 4 is 11.0 Å². The number of rotatable bonds is 0. The minimum atomic E-state index is 0.144. The topological polar surface area (TPSA) is 26.0 Å². The monoisotopic (exact) mass is 175 g/mol. The van der Waals surface area contributed by atoms with Crippen molar-refractivity contribution < 1.29 is 4.52 Å². The van der Waals surface area contributed by atoms with Gasteiger partial charge < -0.3 is 4.52 Å². The molecular weight excluding hydrogens is 162 g/mol. The van der Waals surface area contributed by atoms with Gasteiger partial charge in [-0.2, -0.15) is 0 Å². The molecule has 0 aliphatic carbocycles. The fourth-order valence-corrected chi connectivity index (χ4v) is 1.55. The summed E-state index contributed by atoms with van der Waals surface area (Å²) in [5, 5.41) is 4.92. The lowest BCUT2D eigenvalue weighted by atomic mass is 9.85. The Morgan fingerprint density at radius 2 is 2.00 bits per heavy atom. The van der Waals surface area contributed by atoms with Gasteiger partial charge in [0.25, 0.3) is 0 Å². The van der Waals surface area contributed by atoms with E-state index in [2.05, 4.69) is 32.0 Å². The van der Waals surface area contributed by atoms with E-state index < -0.39 is 0 Å². The van der Waals surface area contributed by atoms with Crippen molar-refractivity contribution in [2.45, 2.75) is 26.2 Å². The molecule has 0 bridgehead atoms. The van der Waals surface area contributed by atoms with E-state index in [1.165, 1.54) is 5.56 Å². The molecular formula is C11H13NO. The fraction of sp³-hybridized carbons (Fsp3) is 0.364. The maximum Gasteiger partial charge on any atom is 0.167 e. The smallest absolute Gasteiger partial charge is 0.167 e. The van der Waals surface area contributed by atoms with Gasteiger partial charge in [-0.15, -0.1) is 0 Å². The predicted octanol–water partition coefficient (Wildman–Crippen LogP) is 3.13. The summed E-state index contributed by atoms with van der Waals surface area (Å²) in [5.41, 5.74) is 2.30. The molecule has 0 radical (unpaired) electrons. The van der Waals surface area contributed by atoms with Crippen molar-refractivity contribution in [2.75, 3.05) is 0 Å². The maximum atomic E-state index is 5.10. The highest BCUT2D eigenvalue weighted by Crippen LogP contribution is 2.29. The first-order chi connectivity index (χ1) is 6.09. The van der Waals surface area contributed by atoms with E-state index in [4.69, 9.17) is 4.52 Å². The van der Waals surface area contributed by atoms with Gasteiger partial charge in [0.15, 0.2) is 5.58 Å². The van der Waals surface area contributed by atoms with Crippen LogP contribution in [0.3, 0.4) is 0 Å². The molecule has 2 nitrogen and oxygen atoms in total. The van der Waals surface area contributed by atoms with E-state index in [9.17, 15) is 0 Å². The normalized spacial score (nSPS) is 12.2. The first kappa shape index (κ1) is 8.30. The molecule has 2 heteroatoms. The van der Waals surface area contributed by atoms with Crippen LogP contribution in [0, 0.1) is 0 Å². The van der Waals surface area contributed by atoms with E-state index in [0.717, 1.165) is 11.0 Å². The van der Waals surface area contributed by atoms with Crippen molar-refractivity contribution in [2.24, 2.45) is 0 Å². The number of fused-ring (bicyclic) bond motifs is 1. The molecule has 0 atom stereocenters. The summed E-state index contributed by atoms with van der Waals surface area (Å²) in [6, 6.07) is 6.07. The average molecular weight is 175 g/mol. The Hall–Kier alpha value is -1.31. The third-order valence-corrected chi connectivity index (χ3v) is 2.21. The number of aromatic nitrogens is 1. The second kappa shape index (κ2) is 2.59. The van der Waals surface area contributed by atoms with E-state index >= 15 is 0 Å². The Bertz CT molecular complexity index is 423. The summed E-state index contributed by atoms with van der Waals surface area (Å²) in [6.45, 7) is 6.57. The lowest BCUT2D eigenvalue weighted by Gasteiger charge is -2.19. The van der Waals surface area contributed by atoms with Gasteiger partial charge in [-0.25, -0.2) is 0 Å². The van der Waals surface area contributed by atoms with Crippen molar-refractivity contribution in [3.05, 3.63) is 30.0 Å². The zero-order chi connectivity index (χ0) is 9.47. The molecule has 0 unspecified atom stereocenters. The highest BCUT2D eigenvalue weighted by molar-refractivity contribution is 5.80. The van der Waals surface area contributed by atoms with Crippen molar-refractivity contribution in [1.82, 2.24) is 5.16 Å². The molecule has 0 saturated carbocycles. The molecule has 0 spiro atoms. The second-order valence-electron chi connectivity index (χ2n) is 4.29. The van der Waals surface area contributed by atoms with E-state index in [0.29, 0.717) is 0 Å². The average Bonchev–Trinajstić information content (AvgIpc) is 2.48. The van der Waals surface area contributed by atoms with Gasteiger partial charge in [-0.1, -0.05) is 38.1 Å². The fourth-order valence-electron chi connectivity index (χ4n) is 1.55. The summed E-state index contributed by atoms with van der Waals surface area (Å²) in [4.78, 5) is 0. The Labute approximate surface area is 77.5 Å². The molecule has 2 aromatic rings. The largest absolute Gasteiger partial charge is 0.356 e. The first-order valence-electron chi connectivity index (χ1n) is 4.43. The molecule has 1 aromatic heterocycles. The summed E-state index contributed by atoms with van der Waals surface area (Å²) in [5.74, 6) is 0. The molecule has 68 valence electrons. The molecule has 0 aliphatic rings. The van der Waals surface area contributed by atoms with Gasteiger partial charge in [-0.05, 0) is 17.0 Å². The highest BCUT2D eigenvalue weighted by Gasteiger charge is 2.17. The maximum absolute atomic E-state index is 5.10. The number of nitrogens with zero attached hydrogens (tertiary/aromatic N) is 1. The summed E-state index contributed by atoms with van der Waals surface area (Å²) < 4.78 is 5.10. The van der Waals surface area contributed by atoms with Gasteiger partial charge >= 0.3 is 0 Å². The molecule has 0 amide bonds. The van der Waals surface area contributed by atoms with Gasteiger partial charge in [0.1, 0.15) is 0 Å². The van der Waals surface area contributed by atoms with Crippen LogP contribution in [-0.4, -0.2) is 5.16 Å². The molecule has 0 aliphatic heterocycles. The van der Waals surface area contributed by atoms with Crippen molar-refractivity contribution in [3.8, 4) is 0 Å². The van der Waals surface area contributed by atoms with Gasteiger partial charge in [-0.3, -0.25) is 0 Å². The van der Waals surface area contributed by atoms with Crippen LogP contribution in [0.25, 0.3) is 11.0 Å². The van der Waals surface area contributed by atoms with Gasteiger partial charge in [0, 0.05) is 5.39 Å². The molecule has 0 N–H and O–H groups in total. The van der Waals surface area contributed by atoms with Crippen LogP contribution in [0.15, 0.2) is 28.9 Å². The third-order valence-electron chi connectivity index (χ3n) is 2.21. The van der Waals surface area contributed by atoms with Gasteiger partial charge in [0.05, 0.1) is 6.20 Å². The van der Waals surface area contributed by atoms with E-state index in [1.807, 2.05) is 12.1 Å². The zero-order valence-corrected chi connectivity index (χ0v) is 8.16. The Morgan fingerprint density at radius 3 is 2.69 bits per heavy atom. The lowest BCUT2D eigenvalue weighted by Crippen LogP contribution is -2.10. The molecule has 1 heterocycles. The summed E-state index contributed by atoms with van der Waals surface area (Å²) in [7, 11) is 0. The minimum Gasteiger partial charge on any atom is -0.356 e.